The molecule has 31 heavy (non-hydrogen) atoms. The lowest BCUT2D eigenvalue weighted by Crippen LogP contribution is -2.39. The van der Waals surface area contributed by atoms with Gasteiger partial charge in [0.1, 0.15) is 24.2 Å². The van der Waals surface area contributed by atoms with Crippen molar-refractivity contribution >= 4 is 40.5 Å². The van der Waals surface area contributed by atoms with Crippen LogP contribution in [0.25, 0.3) is 5.52 Å². The lowest BCUT2D eigenvalue weighted by Gasteiger charge is -2.29. The van der Waals surface area contributed by atoms with E-state index < -0.39 is 0 Å². The van der Waals surface area contributed by atoms with E-state index in [1.54, 1.807) is 12.1 Å². The molecule has 1 fully saturated rings. The molecule has 0 amide bonds. The van der Waals surface area contributed by atoms with Gasteiger partial charge in [-0.15, -0.1) is 0 Å². The third-order valence-corrected chi connectivity index (χ3v) is 5.61. The number of hydrogen-bond acceptors (Lipinski definition) is 8. The molecule has 0 unspecified atom stereocenters. The first-order chi connectivity index (χ1) is 15.0. The van der Waals surface area contributed by atoms with Gasteiger partial charge in [-0.05, 0) is 55.8 Å². The smallest absolute Gasteiger partial charge is 0.158 e. The molecule has 0 saturated carbocycles. The van der Waals surface area contributed by atoms with E-state index >= 15 is 0 Å². The summed E-state index contributed by atoms with van der Waals surface area (Å²) >= 11 is 6.34. The van der Waals surface area contributed by atoms with E-state index in [0.29, 0.717) is 22.6 Å². The highest BCUT2D eigenvalue weighted by Crippen LogP contribution is 2.30. The first kappa shape index (κ1) is 21.2. The van der Waals surface area contributed by atoms with Gasteiger partial charge in [-0.2, -0.15) is 5.10 Å². The van der Waals surface area contributed by atoms with Crippen LogP contribution in [0.4, 0.5) is 11.5 Å². The zero-order valence-electron chi connectivity index (χ0n) is 17.0. The number of benzene rings is 1. The number of nitrogens with two attached hydrogens (primary N) is 1. The number of nitrogens with one attached hydrogen (secondary N) is 3. The van der Waals surface area contributed by atoms with Crippen LogP contribution in [0.3, 0.4) is 0 Å². The Labute approximate surface area is 185 Å². The number of fused-ring (bicyclic) bond motifs is 1. The molecule has 0 radical (unpaired) electrons. The average Bonchev–Trinajstić information content (AvgIpc) is 3.18. The predicted molar refractivity (Wildman–Crippen MR) is 122 cm³/mol. The molecule has 3 heterocycles. The SMILES string of the molecule is N=CC(=N)COc1ccc(Nc2ncnn3ccc(CN4CCC(N)CC4)c23)cc1Cl. The van der Waals surface area contributed by atoms with Crippen molar-refractivity contribution in [3.05, 3.63) is 47.4 Å². The lowest BCUT2D eigenvalue weighted by atomic mass is 10.1. The first-order valence-electron chi connectivity index (χ1n) is 10.1. The largest absolute Gasteiger partial charge is 0.486 e. The zero-order chi connectivity index (χ0) is 21.8. The molecule has 4 rings (SSSR count). The summed E-state index contributed by atoms with van der Waals surface area (Å²) < 4.78 is 7.31. The van der Waals surface area contributed by atoms with Crippen LogP contribution in [-0.2, 0) is 6.54 Å². The van der Waals surface area contributed by atoms with Gasteiger partial charge in [0.25, 0.3) is 0 Å². The second kappa shape index (κ2) is 9.42. The molecule has 1 aliphatic heterocycles. The van der Waals surface area contributed by atoms with Gasteiger partial charge in [0, 0.05) is 30.7 Å². The van der Waals surface area contributed by atoms with E-state index in [1.165, 1.54) is 6.33 Å². The topological polar surface area (TPSA) is 128 Å². The van der Waals surface area contributed by atoms with Crippen LogP contribution in [-0.4, -0.2) is 57.2 Å². The number of piperidine rings is 1. The summed E-state index contributed by atoms with van der Waals surface area (Å²) in [6.45, 7) is 2.79. The van der Waals surface area contributed by atoms with Gasteiger partial charge in [0.2, 0.25) is 0 Å². The summed E-state index contributed by atoms with van der Waals surface area (Å²) in [6.07, 6.45) is 6.42. The monoisotopic (exact) mass is 440 g/mol. The fourth-order valence-electron chi connectivity index (χ4n) is 3.62. The molecule has 2 aromatic heterocycles. The Balaban J connectivity index is 1.53. The van der Waals surface area contributed by atoms with Gasteiger partial charge < -0.3 is 26.6 Å². The maximum atomic E-state index is 7.48. The van der Waals surface area contributed by atoms with Crippen LogP contribution >= 0.6 is 11.6 Å². The van der Waals surface area contributed by atoms with E-state index in [1.807, 2.05) is 16.8 Å². The Morgan fingerprint density at radius 2 is 2.13 bits per heavy atom. The number of rotatable bonds is 8. The van der Waals surface area contributed by atoms with E-state index in [4.69, 9.17) is 32.9 Å². The highest BCUT2D eigenvalue weighted by molar-refractivity contribution is 6.32. The zero-order valence-corrected chi connectivity index (χ0v) is 17.8. The molecule has 0 bridgehead atoms. The highest BCUT2D eigenvalue weighted by Gasteiger charge is 2.19. The summed E-state index contributed by atoms with van der Waals surface area (Å²) in [5.41, 5.74) is 8.93. The molecule has 1 aromatic carbocycles. The van der Waals surface area contributed by atoms with Crippen molar-refractivity contribution < 1.29 is 4.74 Å². The summed E-state index contributed by atoms with van der Waals surface area (Å²) in [6, 6.07) is 7.69. The normalized spacial score (nSPS) is 15.2. The van der Waals surface area contributed by atoms with Crippen molar-refractivity contribution in [1.29, 1.82) is 10.8 Å². The number of nitrogens with zero attached hydrogens (tertiary/aromatic N) is 4. The number of ether oxygens (including phenoxy) is 1. The summed E-state index contributed by atoms with van der Waals surface area (Å²) in [4.78, 5) is 6.86. The molecule has 0 spiro atoms. The second-order valence-electron chi connectivity index (χ2n) is 7.58. The van der Waals surface area contributed by atoms with Crippen molar-refractivity contribution in [2.45, 2.75) is 25.4 Å². The van der Waals surface area contributed by atoms with Crippen LogP contribution < -0.4 is 15.8 Å². The minimum atomic E-state index is -0.00253. The molecule has 0 atom stereocenters. The van der Waals surface area contributed by atoms with Crippen molar-refractivity contribution in [2.24, 2.45) is 5.73 Å². The van der Waals surface area contributed by atoms with E-state index in [9.17, 15) is 0 Å². The Bertz CT molecular complexity index is 1090. The van der Waals surface area contributed by atoms with E-state index in [2.05, 4.69) is 26.4 Å². The van der Waals surface area contributed by atoms with Crippen LogP contribution in [0.1, 0.15) is 18.4 Å². The Morgan fingerprint density at radius 3 is 2.87 bits per heavy atom. The fourth-order valence-corrected chi connectivity index (χ4v) is 3.85. The molecule has 10 heteroatoms. The summed E-state index contributed by atoms with van der Waals surface area (Å²) in [7, 11) is 0. The second-order valence-corrected chi connectivity index (χ2v) is 7.99. The van der Waals surface area contributed by atoms with Gasteiger partial charge in [-0.3, -0.25) is 4.90 Å². The van der Waals surface area contributed by atoms with Crippen LogP contribution in [0.2, 0.25) is 5.02 Å². The number of anilines is 2. The third-order valence-electron chi connectivity index (χ3n) is 5.32. The van der Waals surface area contributed by atoms with Gasteiger partial charge in [-0.25, -0.2) is 9.50 Å². The predicted octanol–water partition coefficient (Wildman–Crippen LogP) is 3.10. The van der Waals surface area contributed by atoms with Crippen molar-refractivity contribution in [3.63, 3.8) is 0 Å². The fraction of sp³-hybridized carbons (Fsp3) is 0.333. The quantitative estimate of drug-likeness (QED) is 0.398. The minimum Gasteiger partial charge on any atom is -0.486 e. The number of hydrogen-bond donors (Lipinski definition) is 4. The van der Waals surface area contributed by atoms with Gasteiger partial charge >= 0.3 is 0 Å². The summed E-state index contributed by atoms with van der Waals surface area (Å²) in [5, 5.41) is 22.6. The standard InChI is InChI=1S/C21H25ClN8O/c22-18-9-17(1-2-19(18)31-12-16(25)10-23)28-21-20-14(3-8-30(20)27-13-26-21)11-29-6-4-15(24)5-7-29/h1-3,8-10,13,15,23,25H,4-7,11-12,24H2,(H,26,27,28). The minimum absolute atomic E-state index is 0.00253. The molecule has 3 aromatic rings. The molecule has 162 valence electrons. The molecular formula is C21H25ClN8O. The van der Waals surface area contributed by atoms with Crippen LogP contribution in [0.15, 0.2) is 36.8 Å². The number of aromatic nitrogens is 3. The van der Waals surface area contributed by atoms with E-state index in [-0.39, 0.29) is 12.3 Å². The maximum Gasteiger partial charge on any atom is 0.158 e. The van der Waals surface area contributed by atoms with Gasteiger partial charge in [0.15, 0.2) is 5.82 Å². The Hall–Kier alpha value is -3.01. The maximum absolute atomic E-state index is 7.48. The molecular weight excluding hydrogens is 416 g/mol. The van der Waals surface area contributed by atoms with Crippen LogP contribution in [0.5, 0.6) is 5.75 Å². The highest BCUT2D eigenvalue weighted by atomic mass is 35.5. The third kappa shape index (κ3) is 5.01. The van der Waals surface area contributed by atoms with Gasteiger partial charge in [0.05, 0.1) is 10.7 Å². The molecule has 9 nitrogen and oxygen atoms in total. The van der Waals surface area contributed by atoms with E-state index in [0.717, 1.165) is 55.5 Å². The Morgan fingerprint density at radius 1 is 1.32 bits per heavy atom. The molecule has 0 aliphatic carbocycles. The lowest BCUT2D eigenvalue weighted by molar-refractivity contribution is 0.206. The average molecular weight is 441 g/mol. The Kier molecular flexibility index (Phi) is 6.45. The van der Waals surface area contributed by atoms with Crippen molar-refractivity contribution in [3.8, 4) is 5.75 Å². The number of likely N-dealkylation sites (tertiary alicyclic amines) is 1. The van der Waals surface area contributed by atoms with Gasteiger partial charge in [-0.1, -0.05) is 11.6 Å². The first-order valence-corrected chi connectivity index (χ1v) is 10.5. The molecule has 1 aliphatic rings. The van der Waals surface area contributed by atoms with Crippen LogP contribution in [0, 0.1) is 10.8 Å². The summed E-state index contributed by atoms with van der Waals surface area (Å²) in [5.74, 6) is 1.15. The molecule has 1 saturated heterocycles. The number of halogens is 1. The van der Waals surface area contributed by atoms with Crippen molar-refractivity contribution in [1.82, 2.24) is 19.5 Å². The van der Waals surface area contributed by atoms with Crippen molar-refractivity contribution in [2.75, 3.05) is 25.0 Å². The molecule has 5 N–H and O–H groups in total.